The van der Waals surface area contributed by atoms with Gasteiger partial charge >= 0.3 is 0 Å². The Kier molecular flexibility index (Phi) is 6.19. The van der Waals surface area contributed by atoms with Gasteiger partial charge in [0.1, 0.15) is 12.2 Å². The van der Waals surface area contributed by atoms with Crippen LogP contribution in [0.2, 0.25) is 0 Å². The Labute approximate surface area is 156 Å². The first-order valence-electron chi connectivity index (χ1n) is 10.2. The van der Waals surface area contributed by atoms with E-state index in [9.17, 15) is 9.18 Å². The monoisotopic (exact) mass is 364 g/mol. The van der Waals surface area contributed by atoms with Gasteiger partial charge in [0.05, 0.1) is 19.2 Å². The number of carbonyl (C=O) groups excluding carboxylic acids is 1. The van der Waals surface area contributed by atoms with E-state index in [0.717, 1.165) is 6.42 Å². The summed E-state index contributed by atoms with van der Waals surface area (Å²) in [5.41, 5.74) is 0.0954. The average molecular weight is 365 g/mol. The number of halogens is 1. The lowest BCUT2D eigenvalue weighted by molar-refractivity contribution is -0.130. The largest absolute Gasteiger partial charge is 0.323 e. The van der Waals surface area contributed by atoms with Crippen molar-refractivity contribution in [1.29, 1.82) is 5.26 Å². The minimum absolute atomic E-state index is 0.0587. The van der Waals surface area contributed by atoms with Crippen LogP contribution in [0.5, 0.6) is 0 Å². The van der Waals surface area contributed by atoms with Gasteiger partial charge in [0.15, 0.2) is 0 Å². The number of carbonyl (C=O) groups is 1. The van der Waals surface area contributed by atoms with Gasteiger partial charge in [-0.3, -0.25) is 9.69 Å². The van der Waals surface area contributed by atoms with Crippen LogP contribution >= 0.6 is 0 Å². The number of nitrogens with one attached hydrogen (secondary N) is 1. The molecule has 2 aliphatic heterocycles. The summed E-state index contributed by atoms with van der Waals surface area (Å²) in [5, 5.41) is 12.6. The summed E-state index contributed by atoms with van der Waals surface area (Å²) in [6.07, 6.45) is 6.46. The van der Waals surface area contributed by atoms with E-state index in [-0.39, 0.29) is 36.9 Å². The standard InChI is InChI=1S/C20H33FN4O/c1-20(2)17(7-6-8-18(20)24-9-4-3-5-10-24)23-13-19(26)25-14-15(21)11-16(25)12-22/h15-18,23H,3-11,13-14H2,1-2H3. The highest BCUT2D eigenvalue weighted by Crippen LogP contribution is 2.40. The van der Waals surface area contributed by atoms with E-state index in [1.165, 1.54) is 50.1 Å². The van der Waals surface area contributed by atoms with Crippen LogP contribution in [0.4, 0.5) is 4.39 Å². The molecule has 0 bridgehead atoms. The molecule has 2 heterocycles. The minimum Gasteiger partial charge on any atom is -0.323 e. The van der Waals surface area contributed by atoms with E-state index in [0.29, 0.717) is 6.04 Å². The van der Waals surface area contributed by atoms with Gasteiger partial charge in [-0.15, -0.1) is 0 Å². The molecule has 26 heavy (non-hydrogen) atoms. The van der Waals surface area contributed by atoms with Crippen LogP contribution in [-0.4, -0.2) is 66.2 Å². The van der Waals surface area contributed by atoms with Crippen LogP contribution < -0.4 is 5.32 Å². The lowest BCUT2D eigenvalue weighted by atomic mass is 9.68. The highest BCUT2D eigenvalue weighted by Gasteiger charge is 2.43. The second-order valence-electron chi connectivity index (χ2n) is 8.82. The van der Waals surface area contributed by atoms with Crippen molar-refractivity contribution in [2.45, 2.75) is 83.1 Å². The van der Waals surface area contributed by atoms with E-state index < -0.39 is 12.2 Å². The Balaban J connectivity index is 1.58. The highest BCUT2D eigenvalue weighted by molar-refractivity contribution is 5.79. The quantitative estimate of drug-likeness (QED) is 0.833. The molecule has 5 nitrogen and oxygen atoms in total. The number of hydrogen-bond donors (Lipinski definition) is 1. The molecule has 0 aromatic heterocycles. The topological polar surface area (TPSA) is 59.4 Å². The number of rotatable bonds is 4. The van der Waals surface area contributed by atoms with E-state index in [1.807, 2.05) is 0 Å². The molecule has 4 atom stereocenters. The van der Waals surface area contributed by atoms with E-state index in [1.54, 1.807) is 0 Å². The molecule has 1 saturated carbocycles. The normalized spacial score (nSPS) is 35.2. The van der Waals surface area contributed by atoms with Crippen molar-refractivity contribution >= 4 is 5.91 Å². The van der Waals surface area contributed by atoms with Gasteiger partial charge in [-0.05, 0) is 44.2 Å². The fourth-order valence-corrected chi connectivity index (χ4v) is 5.23. The third-order valence-corrected chi connectivity index (χ3v) is 6.78. The molecule has 6 heteroatoms. The molecule has 3 aliphatic rings. The van der Waals surface area contributed by atoms with E-state index in [2.05, 4.69) is 30.1 Å². The first-order valence-corrected chi connectivity index (χ1v) is 10.2. The molecule has 4 unspecified atom stereocenters. The first kappa shape index (κ1) is 19.6. The van der Waals surface area contributed by atoms with Crippen LogP contribution in [0.3, 0.4) is 0 Å². The molecule has 0 spiro atoms. The molecule has 3 rings (SSSR count). The predicted molar refractivity (Wildman–Crippen MR) is 99.3 cm³/mol. The Morgan fingerprint density at radius 3 is 2.65 bits per heavy atom. The van der Waals surface area contributed by atoms with Gasteiger partial charge in [-0.25, -0.2) is 4.39 Å². The van der Waals surface area contributed by atoms with Gasteiger partial charge in [0.25, 0.3) is 0 Å². The molecule has 1 N–H and O–H groups in total. The number of amides is 1. The zero-order valence-corrected chi connectivity index (χ0v) is 16.2. The summed E-state index contributed by atoms with van der Waals surface area (Å²) in [5.74, 6) is -0.146. The predicted octanol–water partition coefficient (Wildman–Crippen LogP) is 2.47. The summed E-state index contributed by atoms with van der Waals surface area (Å²) in [6, 6.07) is 2.28. The molecule has 2 saturated heterocycles. The number of nitriles is 1. The average Bonchev–Trinajstić information content (AvgIpc) is 3.02. The van der Waals surface area contributed by atoms with Gasteiger partial charge in [-0.1, -0.05) is 26.7 Å². The van der Waals surface area contributed by atoms with Crippen molar-refractivity contribution in [3.8, 4) is 6.07 Å². The van der Waals surface area contributed by atoms with Crippen LogP contribution in [0.15, 0.2) is 0 Å². The number of nitrogens with zero attached hydrogens (tertiary/aromatic N) is 3. The van der Waals surface area contributed by atoms with Crippen molar-refractivity contribution in [1.82, 2.24) is 15.1 Å². The smallest absolute Gasteiger partial charge is 0.237 e. The highest BCUT2D eigenvalue weighted by atomic mass is 19.1. The maximum absolute atomic E-state index is 13.6. The van der Waals surface area contributed by atoms with Gasteiger partial charge < -0.3 is 10.2 Å². The Bertz CT molecular complexity index is 540. The van der Waals surface area contributed by atoms with E-state index in [4.69, 9.17) is 5.26 Å². The van der Waals surface area contributed by atoms with Crippen molar-refractivity contribution < 1.29 is 9.18 Å². The van der Waals surface area contributed by atoms with Crippen LogP contribution in [-0.2, 0) is 4.79 Å². The lowest BCUT2D eigenvalue weighted by Crippen LogP contribution is -2.59. The summed E-state index contributed by atoms with van der Waals surface area (Å²) < 4.78 is 13.6. The second-order valence-corrected chi connectivity index (χ2v) is 8.82. The molecule has 146 valence electrons. The Morgan fingerprint density at radius 1 is 1.23 bits per heavy atom. The number of likely N-dealkylation sites (tertiary alicyclic amines) is 2. The molecule has 0 radical (unpaired) electrons. The zero-order valence-electron chi connectivity index (χ0n) is 16.2. The SMILES string of the molecule is CC1(C)C(NCC(=O)N2CC(F)CC2C#N)CCCC1N1CCCCC1. The Morgan fingerprint density at radius 2 is 1.96 bits per heavy atom. The summed E-state index contributed by atoms with van der Waals surface area (Å²) in [4.78, 5) is 16.6. The zero-order chi connectivity index (χ0) is 18.7. The summed E-state index contributed by atoms with van der Waals surface area (Å²) in [7, 11) is 0. The fourth-order valence-electron chi connectivity index (χ4n) is 5.23. The van der Waals surface area contributed by atoms with Crippen LogP contribution in [0.1, 0.15) is 58.8 Å². The molecular formula is C20H33FN4O. The van der Waals surface area contributed by atoms with Crippen molar-refractivity contribution in [3.05, 3.63) is 0 Å². The van der Waals surface area contributed by atoms with Gasteiger partial charge in [0.2, 0.25) is 5.91 Å². The van der Waals surface area contributed by atoms with Crippen LogP contribution in [0, 0.1) is 16.7 Å². The molecule has 3 fully saturated rings. The molecular weight excluding hydrogens is 331 g/mol. The summed E-state index contributed by atoms with van der Waals surface area (Å²) in [6.45, 7) is 7.28. The number of hydrogen-bond acceptors (Lipinski definition) is 4. The van der Waals surface area contributed by atoms with E-state index >= 15 is 0 Å². The number of alkyl halides is 1. The molecule has 1 aliphatic carbocycles. The van der Waals surface area contributed by atoms with Crippen LogP contribution in [0.25, 0.3) is 0 Å². The summed E-state index contributed by atoms with van der Waals surface area (Å²) >= 11 is 0. The van der Waals surface area contributed by atoms with Gasteiger partial charge in [-0.2, -0.15) is 5.26 Å². The van der Waals surface area contributed by atoms with Crippen molar-refractivity contribution in [2.75, 3.05) is 26.2 Å². The van der Waals surface area contributed by atoms with Gasteiger partial charge in [0, 0.05) is 18.5 Å². The third kappa shape index (κ3) is 4.04. The Hall–Kier alpha value is -1.19. The molecule has 0 aromatic rings. The molecule has 0 aromatic carbocycles. The lowest BCUT2D eigenvalue weighted by Gasteiger charge is -2.51. The molecule has 1 amide bonds. The third-order valence-electron chi connectivity index (χ3n) is 6.78. The maximum atomic E-state index is 13.6. The minimum atomic E-state index is -1.07. The maximum Gasteiger partial charge on any atom is 0.237 e. The second kappa shape index (κ2) is 8.22. The van der Waals surface area contributed by atoms with Crippen molar-refractivity contribution in [3.63, 3.8) is 0 Å². The fraction of sp³-hybridized carbons (Fsp3) is 0.900. The number of piperidine rings is 1. The first-order chi connectivity index (χ1) is 12.4. The van der Waals surface area contributed by atoms with Crippen molar-refractivity contribution in [2.24, 2.45) is 5.41 Å².